The first-order valence-electron chi connectivity index (χ1n) is 11.2. The van der Waals surface area contributed by atoms with E-state index in [1.165, 1.54) is 17.4 Å². The second-order valence-corrected chi connectivity index (χ2v) is 8.65. The maximum atomic E-state index is 13.1. The largest absolute Gasteiger partial charge is 0.450 e. The van der Waals surface area contributed by atoms with E-state index in [4.69, 9.17) is 4.74 Å². The van der Waals surface area contributed by atoms with Crippen LogP contribution in [0, 0.1) is 13.8 Å². The van der Waals surface area contributed by atoms with Crippen molar-refractivity contribution < 1.29 is 14.3 Å². The van der Waals surface area contributed by atoms with Crippen LogP contribution in [-0.2, 0) is 9.53 Å². The molecular weight excluding hydrogens is 382 g/mol. The van der Waals surface area contributed by atoms with Crippen molar-refractivity contribution in [1.29, 1.82) is 0 Å². The average molecular weight is 414 g/mol. The van der Waals surface area contributed by atoms with E-state index in [0.29, 0.717) is 5.78 Å². The molecule has 0 aromatic carbocycles. The van der Waals surface area contributed by atoms with Crippen LogP contribution in [0.3, 0.4) is 0 Å². The Hall–Kier alpha value is -2.51. The average Bonchev–Trinajstić information content (AvgIpc) is 3.18. The lowest BCUT2D eigenvalue weighted by Crippen LogP contribution is -2.50. The van der Waals surface area contributed by atoms with E-state index in [2.05, 4.69) is 20.0 Å². The Morgan fingerprint density at radius 1 is 1.00 bits per heavy atom. The molecule has 30 heavy (non-hydrogen) atoms. The van der Waals surface area contributed by atoms with Gasteiger partial charge in [-0.25, -0.2) is 14.3 Å². The third-order valence-corrected chi connectivity index (χ3v) is 6.35. The van der Waals surface area contributed by atoms with Crippen molar-refractivity contribution in [3.8, 4) is 0 Å². The van der Waals surface area contributed by atoms with Crippen molar-refractivity contribution in [3.63, 3.8) is 0 Å². The highest BCUT2D eigenvalue weighted by molar-refractivity contribution is 5.88. The van der Waals surface area contributed by atoms with Gasteiger partial charge in [0.25, 0.3) is 17.5 Å². The summed E-state index contributed by atoms with van der Waals surface area (Å²) in [7, 11) is 0. The van der Waals surface area contributed by atoms with E-state index >= 15 is 0 Å². The summed E-state index contributed by atoms with van der Waals surface area (Å²) in [5.41, 5.74) is 1.64. The summed E-state index contributed by atoms with van der Waals surface area (Å²) in [6, 6.07) is 2.42. The van der Waals surface area contributed by atoms with Crippen LogP contribution in [0.5, 0.6) is 0 Å². The zero-order chi connectivity index (χ0) is 21.1. The number of fused-ring (bicyclic) bond motifs is 1. The molecule has 8 heteroatoms. The van der Waals surface area contributed by atoms with Crippen LogP contribution in [-0.4, -0.2) is 55.0 Å². The van der Waals surface area contributed by atoms with Crippen LogP contribution in [0.15, 0.2) is 6.07 Å². The van der Waals surface area contributed by atoms with Crippen LogP contribution in [0.25, 0.3) is 5.78 Å². The standard InChI is InChI=1S/C22H31N5O3/c1-15-13-16(2)27-22(23-15)24-20(25-27)21(29)30-14-19(28)26(17-9-5-3-6-10-17)18-11-7-4-8-12-18/h13,17-18H,3-12,14H2,1-2H3. The van der Waals surface area contributed by atoms with Gasteiger partial charge in [0.1, 0.15) is 0 Å². The fraction of sp³-hybridized carbons (Fsp3) is 0.682. The number of ether oxygens (including phenoxy) is 1. The molecule has 4 rings (SSSR count). The molecule has 0 atom stereocenters. The molecule has 2 aromatic heterocycles. The monoisotopic (exact) mass is 413 g/mol. The van der Waals surface area contributed by atoms with Crippen LogP contribution < -0.4 is 0 Å². The van der Waals surface area contributed by atoms with Crippen LogP contribution >= 0.6 is 0 Å². The van der Waals surface area contributed by atoms with Gasteiger partial charge in [0.05, 0.1) is 0 Å². The Morgan fingerprint density at radius 2 is 1.60 bits per heavy atom. The number of hydrogen-bond acceptors (Lipinski definition) is 6. The summed E-state index contributed by atoms with van der Waals surface area (Å²) in [4.78, 5) is 36.2. The molecule has 2 aliphatic carbocycles. The second-order valence-electron chi connectivity index (χ2n) is 8.65. The van der Waals surface area contributed by atoms with Gasteiger partial charge in [-0.2, -0.15) is 4.98 Å². The first kappa shape index (κ1) is 20.8. The summed E-state index contributed by atoms with van der Waals surface area (Å²) in [5.74, 6) is -0.475. The van der Waals surface area contributed by atoms with Crippen molar-refractivity contribution in [2.45, 2.75) is 90.1 Å². The predicted octanol–water partition coefficient (Wildman–Crippen LogP) is 3.39. The van der Waals surface area contributed by atoms with E-state index in [1.54, 1.807) is 0 Å². The number of hydrogen-bond donors (Lipinski definition) is 0. The van der Waals surface area contributed by atoms with Gasteiger partial charge in [-0.3, -0.25) is 4.79 Å². The fourth-order valence-corrected chi connectivity index (χ4v) is 4.94. The normalized spacial score (nSPS) is 18.5. The quantitative estimate of drug-likeness (QED) is 0.698. The van der Waals surface area contributed by atoms with Gasteiger partial charge in [0, 0.05) is 23.5 Å². The summed E-state index contributed by atoms with van der Waals surface area (Å²) in [6.45, 7) is 3.48. The summed E-state index contributed by atoms with van der Waals surface area (Å²) in [6.07, 6.45) is 11.3. The first-order valence-corrected chi connectivity index (χ1v) is 11.2. The number of rotatable bonds is 5. The van der Waals surface area contributed by atoms with E-state index in [-0.39, 0.29) is 30.4 Å². The molecule has 0 N–H and O–H groups in total. The van der Waals surface area contributed by atoms with Gasteiger partial charge >= 0.3 is 5.97 Å². The molecule has 2 aromatic rings. The lowest BCUT2D eigenvalue weighted by molar-refractivity contribution is -0.141. The third kappa shape index (κ3) is 4.47. The lowest BCUT2D eigenvalue weighted by atomic mass is 9.88. The molecule has 2 aliphatic rings. The highest BCUT2D eigenvalue weighted by Crippen LogP contribution is 2.30. The van der Waals surface area contributed by atoms with Crippen molar-refractivity contribution >= 4 is 17.7 Å². The first-order chi connectivity index (χ1) is 14.5. The maximum Gasteiger partial charge on any atom is 0.378 e. The Kier molecular flexibility index (Phi) is 6.29. The van der Waals surface area contributed by atoms with Gasteiger partial charge in [-0.05, 0) is 45.6 Å². The molecule has 2 fully saturated rings. The number of nitrogens with zero attached hydrogens (tertiary/aromatic N) is 5. The molecule has 1 amide bonds. The smallest absolute Gasteiger partial charge is 0.378 e. The molecule has 0 aliphatic heterocycles. The Morgan fingerprint density at radius 3 is 2.20 bits per heavy atom. The highest BCUT2D eigenvalue weighted by Gasteiger charge is 2.33. The van der Waals surface area contributed by atoms with E-state index < -0.39 is 5.97 Å². The summed E-state index contributed by atoms with van der Waals surface area (Å²) in [5, 5.41) is 4.20. The molecule has 2 heterocycles. The van der Waals surface area contributed by atoms with Crippen molar-refractivity contribution in [2.75, 3.05) is 6.61 Å². The van der Waals surface area contributed by atoms with Gasteiger partial charge in [0.15, 0.2) is 6.61 Å². The number of aryl methyl sites for hydroxylation is 2. The summed E-state index contributed by atoms with van der Waals surface area (Å²) >= 11 is 0. The van der Waals surface area contributed by atoms with E-state index in [0.717, 1.165) is 62.8 Å². The number of aromatic nitrogens is 4. The topological polar surface area (TPSA) is 89.7 Å². The molecule has 0 saturated heterocycles. The Bertz CT molecular complexity index is 895. The van der Waals surface area contributed by atoms with E-state index in [1.807, 2.05) is 19.9 Å². The second kappa shape index (κ2) is 9.10. The number of amides is 1. The zero-order valence-corrected chi connectivity index (χ0v) is 18.0. The molecule has 0 spiro atoms. The molecule has 0 radical (unpaired) electrons. The fourth-order valence-electron chi connectivity index (χ4n) is 4.94. The Labute approximate surface area is 177 Å². The van der Waals surface area contributed by atoms with Crippen LogP contribution in [0.4, 0.5) is 0 Å². The minimum Gasteiger partial charge on any atom is -0.450 e. The van der Waals surface area contributed by atoms with Crippen molar-refractivity contribution in [1.82, 2.24) is 24.5 Å². The van der Waals surface area contributed by atoms with Crippen molar-refractivity contribution in [2.24, 2.45) is 0 Å². The third-order valence-electron chi connectivity index (χ3n) is 6.35. The number of carbonyl (C=O) groups is 2. The molecular formula is C22H31N5O3. The van der Waals surface area contributed by atoms with Gasteiger partial charge in [-0.1, -0.05) is 38.5 Å². The molecule has 0 bridgehead atoms. The van der Waals surface area contributed by atoms with Gasteiger partial charge < -0.3 is 9.64 Å². The lowest BCUT2D eigenvalue weighted by Gasteiger charge is -2.41. The highest BCUT2D eigenvalue weighted by atomic mass is 16.5. The summed E-state index contributed by atoms with van der Waals surface area (Å²) < 4.78 is 6.87. The number of carbonyl (C=O) groups excluding carboxylic acids is 2. The molecule has 8 nitrogen and oxygen atoms in total. The maximum absolute atomic E-state index is 13.1. The van der Waals surface area contributed by atoms with Crippen molar-refractivity contribution in [3.05, 3.63) is 23.3 Å². The van der Waals surface area contributed by atoms with Gasteiger partial charge in [0.2, 0.25) is 0 Å². The molecule has 2 saturated carbocycles. The van der Waals surface area contributed by atoms with E-state index in [9.17, 15) is 9.59 Å². The van der Waals surface area contributed by atoms with Crippen LogP contribution in [0.1, 0.15) is 86.2 Å². The minimum absolute atomic E-state index is 0.0640. The van der Waals surface area contributed by atoms with Gasteiger partial charge in [-0.15, -0.1) is 5.10 Å². The zero-order valence-electron chi connectivity index (χ0n) is 18.0. The molecule has 0 unspecified atom stereocenters. The Balaban J connectivity index is 1.44. The minimum atomic E-state index is -0.682. The number of esters is 1. The SMILES string of the molecule is Cc1cc(C)n2nc(C(=O)OCC(=O)N(C3CCCCC3)C3CCCCC3)nc2n1. The van der Waals surface area contributed by atoms with Crippen LogP contribution in [0.2, 0.25) is 0 Å². The predicted molar refractivity (Wildman–Crippen MR) is 111 cm³/mol. The molecule has 162 valence electrons.